The van der Waals surface area contributed by atoms with Crippen LogP contribution in [0.2, 0.25) is 10.0 Å². The standard InChI is InChI=1S/C13H13Cl2N5O2/c14-8-2-1-7-10(6-22-12(7)11(8)15)17-13(21)9-5-20(4-3-16)19-18-9/h1-2,5,10H,3-4,6,16H2,(H,17,21). The molecule has 7 nitrogen and oxygen atoms in total. The van der Waals surface area contributed by atoms with Crippen LogP contribution in [0.4, 0.5) is 0 Å². The van der Waals surface area contributed by atoms with Crippen LogP contribution < -0.4 is 15.8 Å². The second-order valence-corrected chi connectivity index (χ2v) is 5.56. The van der Waals surface area contributed by atoms with Gasteiger partial charge in [-0.2, -0.15) is 0 Å². The van der Waals surface area contributed by atoms with E-state index in [4.69, 9.17) is 33.7 Å². The van der Waals surface area contributed by atoms with Gasteiger partial charge in [0.1, 0.15) is 17.4 Å². The fraction of sp³-hybridized carbons (Fsp3) is 0.308. The molecule has 0 saturated carbocycles. The van der Waals surface area contributed by atoms with Crippen LogP contribution in [0.1, 0.15) is 22.1 Å². The monoisotopic (exact) mass is 341 g/mol. The third-order valence-corrected chi connectivity index (χ3v) is 4.07. The summed E-state index contributed by atoms with van der Waals surface area (Å²) in [5.41, 5.74) is 6.44. The molecule has 0 aliphatic carbocycles. The highest BCUT2D eigenvalue weighted by atomic mass is 35.5. The molecular weight excluding hydrogens is 329 g/mol. The average Bonchev–Trinajstić information content (AvgIpc) is 3.11. The topological polar surface area (TPSA) is 95.1 Å². The van der Waals surface area contributed by atoms with E-state index in [2.05, 4.69) is 15.6 Å². The molecule has 2 heterocycles. The molecule has 1 amide bonds. The van der Waals surface area contributed by atoms with Gasteiger partial charge in [-0.25, -0.2) is 0 Å². The summed E-state index contributed by atoms with van der Waals surface area (Å²) in [7, 11) is 0. The molecule has 0 fully saturated rings. The Balaban J connectivity index is 1.75. The molecule has 1 aliphatic rings. The molecule has 3 N–H and O–H groups in total. The molecule has 22 heavy (non-hydrogen) atoms. The molecule has 0 spiro atoms. The zero-order valence-corrected chi connectivity index (χ0v) is 12.9. The van der Waals surface area contributed by atoms with Crippen LogP contribution in [-0.4, -0.2) is 34.1 Å². The van der Waals surface area contributed by atoms with Gasteiger partial charge in [-0.3, -0.25) is 9.48 Å². The first-order chi connectivity index (χ1) is 10.6. The zero-order chi connectivity index (χ0) is 15.7. The van der Waals surface area contributed by atoms with E-state index >= 15 is 0 Å². The van der Waals surface area contributed by atoms with Crippen LogP contribution in [0.15, 0.2) is 18.3 Å². The number of nitrogens with zero attached hydrogens (tertiary/aromatic N) is 3. The maximum Gasteiger partial charge on any atom is 0.274 e. The first-order valence-corrected chi connectivity index (χ1v) is 7.37. The van der Waals surface area contributed by atoms with Gasteiger partial charge in [0, 0.05) is 12.1 Å². The van der Waals surface area contributed by atoms with Gasteiger partial charge in [-0.1, -0.05) is 34.5 Å². The Kier molecular flexibility index (Phi) is 4.19. The molecule has 1 aliphatic heterocycles. The van der Waals surface area contributed by atoms with Crippen molar-refractivity contribution in [3.05, 3.63) is 39.6 Å². The number of amides is 1. The van der Waals surface area contributed by atoms with Gasteiger partial charge in [0.05, 0.1) is 23.8 Å². The Hall–Kier alpha value is -1.83. The highest BCUT2D eigenvalue weighted by molar-refractivity contribution is 6.43. The summed E-state index contributed by atoms with van der Waals surface area (Å²) < 4.78 is 7.03. The van der Waals surface area contributed by atoms with Crippen molar-refractivity contribution in [1.29, 1.82) is 0 Å². The molecule has 0 saturated heterocycles. The van der Waals surface area contributed by atoms with Crippen LogP contribution in [0.25, 0.3) is 0 Å². The molecule has 3 rings (SSSR count). The minimum absolute atomic E-state index is 0.224. The molecule has 1 aromatic carbocycles. The quantitative estimate of drug-likeness (QED) is 0.876. The van der Waals surface area contributed by atoms with Crippen LogP contribution in [-0.2, 0) is 6.54 Å². The highest BCUT2D eigenvalue weighted by Gasteiger charge is 2.29. The van der Waals surface area contributed by atoms with Gasteiger partial charge in [0.25, 0.3) is 5.91 Å². The lowest BCUT2D eigenvalue weighted by atomic mass is 10.1. The van der Waals surface area contributed by atoms with E-state index in [0.29, 0.717) is 28.9 Å². The first-order valence-electron chi connectivity index (χ1n) is 6.62. The number of fused-ring (bicyclic) bond motifs is 1. The number of halogens is 2. The largest absolute Gasteiger partial charge is 0.489 e. The number of rotatable bonds is 4. The number of benzene rings is 1. The molecule has 1 aromatic heterocycles. The lowest BCUT2D eigenvalue weighted by Crippen LogP contribution is -2.29. The van der Waals surface area contributed by atoms with Crippen LogP contribution in [0.3, 0.4) is 0 Å². The van der Waals surface area contributed by atoms with E-state index in [1.807, 2.05) is 0 Å². The second-order valence-electron chi connectivity index (χ2n) is 4.77. The zero-order valence-electron chi connectivity index (χ0n) is 11.4. The molecule has 1 atom stereocenters. The number of hydrogen-bond donors (Lipinski definition) is 2. The Labute approximate surface area is 136 Å². The minimum Gasteiger partial charge on any atom is -0.489 e. The van der Waals surface area contributed by atoms with Crippen LogP contribution in [0.5, 0.6) is 5.75 Å². The second kappa shape index (κ2) is 6.12. The van der Waals surface area contributed by atoms with E-state index < -0.39 is 0 Å². The van der Waals surface area contributed by atoms with Crippen LogP contribution >= 0.6 is 23.2 Å². The van der Waals surface area contributed by atoms with Gasteiger partial charge in [0.2, 0.25) is 0 Å². The van der Waals surface area contributed by atoms with Crippen molar-refractivity contribution in [3.8, 4) is 5.75 Å². The van der Waals surface area contributed by atoms with Gasteiger partial charge in [-0.15, -0.1) is 5.10 Å². The number of ether oxygens (including phenoxy) is 1. The molecular formula is C13H13Cl2N5O2. The first kappa shape index (κ1) is 15.1. The number of carbonyl (C=O) groups is 1. The molecule has 2 aromatic rings. The van der Waals surface area contributed by atoms with Crippen molar-refractivity contribution in [2.75, 3.05) is 13.2 Å². The number of nitrogens with one attached hydrogen (secondary N) is 1. The number of nitrogens with two attached hydrogens (primary N) is 1. The Bertz CT molecular complexity index is 718. The lowest BCUT2D eigenvalue weighted by molar-refractivity contribution is 0.0925. The lowest BCUT2D eigenvalue weighted by Gasteiger charge is -2.10. The maximum atomic E-state index is 12.2. The predicted octanol–water partition coefficient (Wildman–Crippen LogP) is 1.41. The summed E-state index contributed by atoms with van der Waals surface area (Å²) in [4.78, 5) is 12.2. The summed E-state index contributed by atoms with van der Waals surface area (Å²) >= 11 is 12.0. The summed E-state index contributed by atoms with van der Waals surface area (Å²) in [5.74, 6) is 0.169. The van der Waals surface area contributed by atoms with Gasteiger partial charge < -0.3 is 15.8 Å². The molecule has 116 valence electrons. The van der Waals surface area contributed by atoms with Gasteiger partial charge >= 0.3 is 0 Å². The summed E-state index contributed by atoms with van der Waals surface area (Å²) in [6, 6.07) is 3.15. The van der Waals surface area contributed by atoms with Crippen molar-refractivity contribution < 1.29 is 9.53 Å². The molecule has 9 heteroatoms. The molecule has 0 bridgehead atoms. The van der Waals surface area contributed by atoms with E-state index in [1.165, 1.54) is 4.68 Å². The average molecular weight is 342 g/mol. The summed E-state index contributed by atoms with van der Waals surface area (Å²) in [5, 5.41) is 11.3. The highest BCUT2D eigenvalue weighted by Crippen LogP contribution is 2.42. The van der Waals surface area contributed by atoms with Crippen LogP contribution in [0, 0.1) is 0 Å². The fourth-order valence-electron chi connectivity index (χ4n) is 2.22. The van der Waals surface area contributed by atoms with E-state index in [9.17, 15) is 4.79 Å². The van der Waals surface area contributed by atoms with Crippen molar-refractivity contribution in [3.63, 3.8) is 0 Å². The fourth-order valence-corrected chi connectivity index (χ4v) is 2.60. The third-order valence-electron chi connectivity index (χ3n) is 3.29. The summed E-state index contributed by atoms with van der Waals surface area (Å²) in [6.45, 7) is 1.22. The molecule has 1 unspecified atom stereocenters. The van der Waals surface area contributed by atoms with E-state index in [0.717, 1.165) is 5.56 Å². The Morgan fingerprint density at radius 1 is 1.50 bits per heavy atom. The van der Waals surface area contributed by atoms with E-state index in [1.54, 1.807) is 18.3 Å². The van der Waals surface area contributed by atoms with Gasteiger partial charge in [-0.05, 0) is 6.07 Å². The Morgan fingerprint density at radius 2 is 2.32 bits per heavy atom. The number of carbonyl (C=O) groups excluding carboxylic acids is 1. The summed E-state index contributed by atoms with van der Waals surface area (Å²) in [6.07, 6.45) is 1.55. The van der Waals surface area contributed by atoms with Crippen molar-refractivity contribution in [2.45, 2.75) is 12.6 Å². The van der Waals surface area contributed by atoms with Crippen molar-refractivity contribution in [2.24, 2.45) is 5.73 Å². The smallest absolute Gasteiger partial charge is 0.274 e. The molecule has 0 radical (unpaired) electrons. The minimum atomic E-state index is -0.337. The predicted molar refractivity (Wildman–Crippen MR) is 81.2 cm³/mol. The SMILES string of the molecule is NCCn1cc(C(=O)NC2COc3c2ccc(Cl)c3Cl)nn1. The number of hydrogen-bond acceptors (Lipinski definition) is 5. The number of aromatic nitrogens is 3. The van der Waals surface area contributed by atoms with Gasteiger partial charge in [0.15, 0.2) is 5.69 Å². The maximum absolute atomic E-state index is 12.2. The van der Waals surface area contributed by atoms with Crippen molar-refractivity contribution >= 4 is 29.1 Å². The Morgan fingerprint density at radius 3 is 3.09 bits per heavy atom. The normalized spacial score (nSPS) is 16.2. The van der Waals surface area contributed by atoms with Crippen molar-refractivity contribution in [1.82, 2.24) is 20.3 Å². The third kappa shape index (κ3) is 2.75. The van der Waals surface area contributed by atoms with E-state index in [-0.39, 0.29) is 24.2 Å².